The Morgan fingerprint density at radius 3 is 1.31 bits per heavy atom. The molecule has 14 heteroatoms. The Labute approximate surface area is 367 Å². The molecule has 0 aliphatic carbocycles. The lowest BCUT2D eigenvalue weighted by Crippen LogP contribution is -2.22. The molecule has 316 valence electrons. The molecule has 0 aliphatic heterocycles. The number of hydrogen-bond acceptors (Lipinski definition) is 9. The van der Waals surface area contributed by atoms with Crippen LogP contribution in [0.25, 0.3) is 0 Å². The predicted molar refractivity (Wildman–Crippen MR) is 237 cm³/mol. The highest BCUT2D eigenvalue weighted by molar-refractivity contribution is 7.10. The maximum absolute atomic E-state index is 13.3. The fourth-order valence-corrected chi connectivity index (χ4v) is 7.66. The molecule has 2 N–H and O–H groups in total. The lowest BCUT2D eigenvalue weighted by atomic mass is 10.1. The average molecular weight is 883 g/mol. The summed E-state index contributed by atoms with van der Waals surface area (Å²) in [6.07, 6.45) is 0. The highest BCUT2D eigenvalue weighted by atomic mass is 35.5. The maximum atomic E-state index is 13.3. The van der Waals surface area contributed by atoms with Crippen LogP contribution in [-0.2, 0) is 45.9 Å². The minimum absolute atomic E-state index is 0.0525. The molecule has 0 aliphatic rings. The van der Waals surface area contributed by atoms with Gasteiger partial charge < -0.3 is 14.9 Å². The predicted octanol–water partition coefficient (Wildman–Crippen LogP) is 11.6. The summed E-state index contributed by atoms with van der Waals surface area (Å²) in [6.45, 7) is 7.92. The molecule has 7 aromatic rings. The third-order valence-corrected chi connectivity index (χ3v) is 10.7. The molecule has 0 spiro atoms. The number of ether oxygens (including phenoxy) is 1. The van der Waals surface area contributed by atoms with E-state index in [-0.39, 0.29) is 23.0 Å². The summed E-state index contributed by atoms with van der Waals surface area (Å²) in [5.41, 5.74) is 5.31. The quantitative estimate of drug-likeness (QED) is 0.0922. The summed E-state index contributed by atoms with van der Waals surface area (Å²) in [4.78, 5) is 34.8. The van der Waals surface area contributed by atoms with Gasteiger partial charge in [0.1, 0.15) is 34.0 Å². The smallest absolute Gasteiger partial charge is 0.355 e. The van der Waals surface area contributed by atoms with Gasteiger partial charge in [0.2, 0.25) is 0 Å². The first-order chi connectivity index (χ1) is 29.5. The molecular weight excluding hydrogens is 838 g/mol. The largest absolute Gasteiger partial charge is 0.489 e. The lowest BCUT2D eigenvalue weighted by Gasteiger charge is -2.22. The monoisotopic (exact) mass is 882 g/mol. The van der Waals surface area contributed by atoms with E-state index in [4.69, 9.17) is 26.6 Å². The molecule has 61 heavy (non-hydrogen) atoms. The van der Waals surface area contributed by atoms with E-state index in [9.17, 15) is 18.4 Å². The molecule has 2 heterocycles. The first kappa shape index (κ1) is 46.2. The van der Waals surface area contributed by atoms with Crippen LogP contribution in [0.15, 0.2) is 138 Å². The summed E-state index contributed by atoms with van der Waals surface area (Å²) < 4.78 is 32.3. The Bertz CT molecular complexity index is 2350. The standard InChI is InChI=1S/C26H23FN2O3S.C19H16ClFN2O2S.C2H6/c27-22-10-6-19(7-11-22)14-29(16-25-28-24(18-33-25)26(30)31)15-20-8-12-23(13-9-20)32-17-21-4-2-1-3-5-21;20-15-5-1-13(2-6-15)9-23(10-14-3-7-16(21)8-4-14)11-18-22-17(12-26-18)19(24)25;1-2/h1-13,18H,14-17H2,(H,30,31);1-8,12H,9-11H2,(H,24,25);1-2H3. The van der Waals surface area contributed by atoms with Crippen LogP contribution < -0.4 is 4.74 Å². The van der Waals surface area contributed by atoms with Crippen molar-refractivity contribution in [3.05, 3.63) is 204 Å². The second-order valence-corrected chi connectivity index (χ2v) is 15.8. The molecule has 2 aromatic heterocycles. The molecule has 0 amide bonds. The summed E-state index contributed by atoms with van der Waals surface area (Å²) in [5, 5.41) is 23.4. The third kappa shape index (κ3) is 15.6. The topological polar surface area (TPSA) is 116 Å². The number of hydrogen-bond donors (Lipinski definition) is 2. The molecule has 5 aromatic carbocycles. The first-order valence-electron chi connectivity index (χ1n) is 19.3. The molecule has 0 atom stereocenters. The zero-order valence-electron chi connectivity index (χ0n) is 33.6. The SMILES string of the molecule is CC.O=C(O)c1csc(CN(Cc2ccc(F)cc2)Cc2ccc(Cl)cc2)n1.O=C(O)c1csc(CN(Cc2ccc(F)cc2)Cc2ccc(OCc3ccccc3)cc2)n1. The minimum Gasteiger partial charge on any atom is -0.489 e. The highest BCUT2D eigenvalue weighted by Crippen LogP contribution is 2.22. The number of aromatic nitrogens is 2. The number of nitrogens with zero attached hydrogens (tertiary/aromatic N) is 4. The minimum atomic E-state index is -1.03. The van der Waals surface area contributed by atoms with Crippen molar-refractivity contribution in [1.29, 1.82) is 0 Å². The van der Waals surface area contributed by atoms with Gasteiger partial charge in [-0.2, -0.15) is 0 Å². The highest BCUT2D eigenvalue weighted by Gasteiger charge is 2.16. The van der Waals surface area contributed by atoms with E-state index in [2.05, 4.69) is 19.8 Å². The van der Waals surface area contributed by atoms with Crippen molar-refractivity contribution < 1.29 is 33.3 Å². The van der Waals surface area contributed by atoms with Crippen LogP contribution in [0.2, 0.25) is 5.02 Å². The van der Waals surface area contributed by atoms with Gasteiger partial charge in [0, 0.05) is 42.0 Å². The van der Waals surface area contributed by atoms with Gasteiger partial charge in [-0.1, -0.05) is 104 Å². The maximum Gasteiger partial charge on any atom is 0.355 e. The van der Waals surface area contributed by atoms with Crippen LogP contribution in [0.3, 0.4) is 0 Å². The summed E-state index contributed by atoms with van der Waals surface area (Å²) in [7, 11) is 0. The zero-order valence-corrected chi connectivity index (χ0v) is 36.0. The van der Waals surface area contributed by atoms with Crippen molar-refractivity contribution in [3.63, 3.8) is 0 Å². The number of benzene rings is 5. The Morgan fingerprint density at radius 1 is 0.557 bits per heavy atom. The van der Waals surface area contributed by atoms with Crippen LogP contribution in [0.5, 0.6) is 5.75 Å². The summed E-state index contributed by atoms with van der Waals surface area (Å²) in [5.74, 6) is -1.82. The van der Waals surface area contributed by atoms with Crippen LogP contribution in [-0.4, -0.2) is 41.9 Å². The molecule has 0 saturated heterocycles. The van der Waals surface area contributed by atoms with Crippen molar-refractivity contribution in [2.24, 2.45) is 0 Å². The molecule has 0 unspecified atom stereocenters. The molecule has 7 rings (SSSR count). The Kier molecular flexibility index (Phi) is 18.1. The van der Waals surface area contributed by atoms with E-state index in [1.165, 1.54) is 52.3 Å². The number of carboxylic acids is 2. The number of carboxylic acid groups (broad SMARTS) is 2. The van der Waals surface area contributed by atoms with Gasteiger partial charge in [0.05, 0.1) is 13.1 Å². The Morgan fingerprint density at radius 2 is 0.934 bits per heavy atom. The van der Waals surface area contributed by atoms with E-state index in [1.807, 2.05) is 92.7 Å². The molecule has 0 bridgehead atoms. The van der Waals surface area contributed by atoms with Gasteiger partial charge in [-0.3, -0.25) is 9.80 Å². The number of aromatic carboxylic acids is 2. The summed E-state index contributed by atoms with van der Waals surface area (Å²) in [6, 6.07) is 38.2. The van der Waals surface area contributed by atoms with Crippen molar-refractivity contribution >= 4 is 46.2 Å². The van der Waals surface area contributed by atoms with E-state index >= 15 is 0 Å². The van der Waals surface area contributed by atoms with Gasteiger partial charge >= 0.3 is 11.9 Å². The fourth-order valence-electron chi connectivity index (χ4n) is 5.92. The van der Waals surface area contributed by atoms with Gasteiger partial charge in [-0.05, 0) is 76.3 Å². The van der Waals surface area contributed by atoms with Crippen molar-refractivity contribution in [1.82, 2.24) is 19.8 Å². The van der Waals surface area contributed by atoms with Crippen LogP contribution in [0.1, 0.15) is 72.7 Å². The van der Waals surface area contributed by atoms with Gasteiger partial charge in [0.25, 0.3) is 0 Å². The molecule has 9 nitrogen and oxygen atoms in total. The zero-order chi connectivity index (χ0) is 43.6. The fraction of sp³-hybridized carbons (Fsp3) is 0.191. The Hall–Kier alpha value is -5.83. The van der Waals surface area contributed by atoms with Crippen LogP contribution >= 0.6 is 34.3 Å². The van der Waals surface area contributed by atoms with Gasteiger partial charge in [-0.25, -0.2) is 28.3 Å². The molecular formula is C47H45ClF2N4O5S2. The van der Waals surface area contributed by atoms with Crippen molar-refractivity contribution in [2.75, 3.05) is 0 Å². The first-order valence-corrected chi connectivity index (χ1v) is 21.5. The second kappa shape index (κ2) is 23.8. The van der Waals surface area contributed by atoms with Gasteiger partial charge in [-0.15, -0.1) is 22.7 Å². The molecule has 0 radical (unpaired) electrons. The number of thiazole rings is 2. The number of halogens is 3. The van der Waals surface area contributed by atoms with Crippen LogP contribution in [0, 0.1) is 11.6 Å². The molecule has 0 fully saturated rings. The van der Waals surface area contributed by atoms with E-state index in [0.717, 1.165) is 43.6 Å². The average Bonchev–Trinajstić information content (AvgIpc) is 3.95. The van der Waals surface area contributed by atoms with E-state index in [1.54, 1.807) is 29.6 Å². The Balaban J connectivity index is 0.000000228. The lowest BCUT2D eigenvalue weighted by molar-refractivity contribution is 0.0680. The van der Waals surface area contributed by atoms with Crippen molar-refractivity contribution in [3.8, 4) is 5.75 Å². The number of rotatable bonds is 17. The molecule has 0 saturated carbocycles. The normalized spacial score (nSPS) is 10.7. The van der Waals surface area contributed by atoms with Crippen molar-refractivity contribution in [2.45, 2.75) is 59.7 Å². The van der Waals surface area contributed by atoms with E-state index < -0.39 is 11.9 Å². The van der Waals surface area contributed by atoms with Gasteiger partial charge in [0.15, 0.2) is 11.4 Å². The van der Waals surface area contributed by atoms with Crippen LogP contribution in [0.4, 0.5) is 8.78 Å². The number of carbonyl (C=O) groups is 2. The van der Waals surface area contributed by atoms with E-state index in [0.29, 0.717) is 50.9 Å². The second-order valence-electron chi connectivity index (χ2n) is 13.5. The third-order valence-electron chi connectivity index (χ3n) is 8.80. The summed E-state index contributed by atoms with van der Waals surface area (Å²) >= 11 is 8.58.